The van der Waals surface area contributed by atoms with Crippen LogP contribution in [0.4, 0.5) is 0 Å². The third-order valence-corrected chi connectivity index (χ3v) is 4.53. The van der Waals surface area contributed by atoms with E-state index in [1.165, 1.54) is 13.0 Å². The van der Waals surface area contributed by atoms with Crippen LogP contribution < -0.4 is 0 Å². The number of hydrogen-bond donors (Lipinski definition) is 1. The van der Waals surface area contributed by atoms with E-state index in [0.29, 0.717) is 12.1 Å². The second-order valence-corrected chi connectivity index (χ2v) is 5.39. The van der Waals surface area contributed by atoms with Crippen LogP contribution in [0.25, 0.3) is 0 Å². The van der Waals surface area contributed by atoms with Crippen LogP contribution >= 0.6 is 0 Å². The van der Waals surface area contributed by atoms with Gasteiger partial charge < -0.3 is 5.11 Å². The van der Waals surface area contributed by atoms with Crippen LogP contribution in [-0.2, 0) is 0 Å². The zero-order valence-electron chi connectivity index (χ0n) is 9.61. The Kier molecular flexibility index (Phi) is 2.85. The molecule has 2 nitrogen and oxygen atoms in total. The molecule has 0 aromatic rings. The summed E-state index contributed by atoms with van der Waals surface area (Å²) in [5.41, 5.74) is 0. The van der Waals surface area contributed by atoms with Crippen LogP contribution in [0.15, 0.2) is 0 Å². The van der Waals surface area contributed by atoms with Gasteiger partial charge in [0.1, 0.15) is 0 Å². The first-order chi connectivity index (χ1) is 6.59. The largest absolute Gasteiger partial charge is 0.393 e. The maximum Gasteiger partial charge on any atom is 0.0555 e. The minimum atomic E-state index is -0.0292. The number of aliphatic hydroxyl groups is 1. The van der Waals surface area contributed by atoms with Crippen molar-refractivity contribution in [2.24, 2.45) is 11.8 Å². The maximum atomic E-state index is 9.55. The van der Waals surface area contributed by atoms with Crippen molar-refractivity contribution in [3.8, 4) is 0 Å². The number of aliphatic hydroxyl groups excluding tert-OH is 1. The Hall–Kier alpha value is -0.0800. The van der Waals surface area contributed by atoms with Gasteiger partial charge in [-0.2, -0.15) is 0 Å². The van der Waals surface area contributed by atoms with Crippen molar-refractivity contribution < 1.29 is 5.11 Å². The average molecular weight is 197 g/mol. The molecule has 0 radical (unpaired) electrons. The number of hydrogen-bond acceptors (Lipinski definition) is 2. The normalized spacial score (nSPS) is 50.1. The molecule has 0 bridgehead atoms. The molecule has 2 heteroatoms. The quantitative estimate of drug-likeness (QED) is 0.694. The fraction of sp³-hybridized carbons (Fsp3) is 1.00. The Balaban J connectivity index is 1.99. The molecule has 5 atom stereocenters. The highest BCUT2D eigenvalue weighted by Gasteiger charge is 2.39. The molecule has 1 heterocycles. The highest BCUT2D eigenvalue weighted by atomic mass is 16.3. The smallest absolute Gasteiger partial charge is 0.0555 e. The van der Waals surface area contributed by atoms with Crippen LogP contribution in [0.3, 0.4) is 0 Å². The zero-order chi connectivity index (χ0) is 10.3. The second kappa shape index (κ2) is 3.82. The molecule has 1 aliphatic heterocycles. The van der Waals surface area contributed by atoms with Gasteiger partial charge in [-0.15, -0.1) is 0 Å². The summed E-state index contributed by atoms with van der Waals surface area (Å²) in [5, 5.41) is 9.55. The summed E-state index contributed by atoms with van der Waals surface area (Å²) in [5.74, 6) is 1.63. The maximum absolute atomic E-state index is 9.55. The van der Waals surface area contributed by atoms with Gasteiger partial charge >= 0.3 is 0 Å². The van der Waals surface area contributed by atoms with E-state index in [1.807, 2.05) is 0 Å². The lowest BCUT2D eigenvalue weighted by molar-refractivity contribution is 0.141. The van der Waals surface area contributed by atoms with E-state index >= 15 is 0 Å². The van der Waals surface area contributed by atoms with Crippen molar-refractivity contribution in [3.05, 3.63) is 0 Å². The summed E-state index contributed by atoms with van der Waals surface area (Å²) in [4.78, 5) is 2.63. The van der Waals surface area contributed by atoms with Crippen molar-refractivity contribution in [3.63, 3.8) is 0 Å². The van der Waals surface area contributed by atoms with Crippen molar-refractivity contribution in [2.75, 3.05) is 6.54 Å². The molecule has 1 N–H and O–H groups in total. The summed E-state index contributed by atoms with van der Waals surface area (Å²) in [6.07, 6.45) is 3.18. The van der Waals surface area contributed by atoms with Crippen molar-refractivity contribution in [1.29, 1.82) is 0 Å². The Morgan fingerprint density at radius 3 is 2.29 bits per heavy atom. The first-order valence-corrected chi connectivity index (χ1v) is 6.03. The summed E-state index contributed by atoms with van der Waals surface area (Å²) in [6, 6.07) is 1.37. The predicted molar refractivity (Wildman–Crippen MR) is 58.1 cm³/mol. The highest BCUT2D eigenvalue weighted by molar-refractivity contribution is 4.93. The predicted octanol–water partition coefficient (Wildman–Crippen LogP) is 1.88. The van der Waals surface area contributed by atoms with Crippen LogP contribution in [-0.4, -0.2) is 34.7 Å². The molecule has 0 aromatic carbocycles. The van der Waals surface area contributed by atoms with E-state index in [0.717, 1.165) is 24.7 Å². The van der Waals surface area contributed by atoms with Gasteiger partial charge in [0, 0.05) is 18.6 Å². The van der Waals surface area contributed by atoms with Gasteiger partial charge in [-0.1, -0.05) is 13.8 Å². The lowest BCUT2D eigenvalue weighted by Crippen LogP contribution is -2.37. The van der Waals surface area contributed by atoms with Gasteiger partial charge in [0.05, 0.1) is 6.10 Å². The molecule has 1 aliphatic carbocycles. The standard InChI is InChI=1S/C12H23NO/c1-8-7-13(10(3)9(8)2)11-4-5-12(14)6-11/h8-12,14H,4-7H2,1-3H3. The molecule has 1 saturated heterocycles. The van der Waals surface area contributed by atoms with Gasteiger partial charge in [0.25, 0.3) is 0 Å². The first-order valence-electron chi connectivity index (χ1n) is 6.03. The topological polar surface area (TPSA) is 23.5 Å². The van der Waals surface area contributed by atoms with Crippen molar-refractivity contribution >= 4 is 0 Å². The molecular formula is C12H23NO. The number of likely N-dealkylation sites (tertiary alicyclic amines) is 1. The first kappa shape index (κ1) is 10.4. The molecule has 2 fully saturated rings. The van der Waals surface area contributed by atoms with E-state index in [9.17, 15) is 5.11 Å². The van der Waals surface area contributed by atoms with Gasteiger partial charge in [-0.3, -0.25) is 4.90 Å². The lowest BCUT2D eigenvalue weighted by atomic mass is 9.95. The molecule has 2 aliphatic rings. The Morgan fingerprint density at radius 2 is 1.86 bits per heavy atom. The number of nitrogens with zero attached hydrogens (tertiary/aromatic N) is 1. The SMILES string of the molecule is CC1CN(C2CCC(O)C2)C(C)C1C. The Bertz CT molecular complexity index is 206. The van der Waals surface area contributed by atoms with Gasteiger partial charge in [0.15, 0.2) is 0 Å². The lowest BCUT2D eigenvalue weighted by Gasteiger charge is -2.29. The summed E-state index contributed by atoms with van der Waals surface area (Å²) < 4.78 is 0. The van der Waals surface area contributed by atoms with E-state index in [1.54, 1.807) is 0 Å². The third-order valence-electron chi connectivity index (χ3n) is 4.53. The zero-order valence-corrected chi connectivity index (χ0v) is 9.61. The molecule has 2 rings (SSSR count). The van der Waals surface area contributed by atoms with Gasteiger partial charge in [-0.05, 0) is 38.0 Å². The molecule has 82 valence electrons. The molecule has 0 aromatic heterocycles. The van der Waals surface area contributed by atoms with Crippen LogP contribution in [0.2, 0.25) is 0 Å². The van der Waals surface area contributed by atoms with E-state index in [2.05, 4.69) is 25.7 Å². The number of rotatable bonds is 1. The second-order valence-electron chi connectivity index (χ2n) is 5.39. The minimum absolute atomic E-state index is 0.0292. The molecule has 14 heavy (non-hydrogen) atoms. The molecule has 1 saturated carbocycles. The Morgan fingerprint density at radius 1 is 1.14 bits per heavy atom. The van der Waals surface area contributed by atoms with Crippen LogP contribution in [0.1, 0.15) is 40.0 Å². The minimum Gasteiger partial charge on any atom is -0.393 e. The summed E-state index contributed by atoms with van der Waals surface area (Å²) in [7, 11) is 0. The molecule has 0 spiro atoms. The average Bonchev–Trinajstić information content (AvgIpc) is 2.66. The van der Waals surface area contributed by atoms with Gasteiger partial charge in [0.2, 0.25) is 0 Å². The summed E-state index contributed by atoms with van der Waals surface area (Å²) in [6.45, 7) is 8.30. The third kappa shape index (κ3) is 1.70. The van der Waals surface area contributed by atoms with E-state index in [-0.39, 0.29) is 6.10 Å². The van der Waals surface area contributed by atoms with Crippen molar-refractivity contribution in [1.82, 2.24) is 4.90 Å². The Labute approximate surface area is 87.3 Å². The van der Waals surface area contributed by atoms with Crippen LogP contribution in [0, 0.1) is 11.8 Å². The molecular weight excluding hydrogens is 174 g/mol. The van der Waals surface area contributed by atoms with Crippen LogP contribution in [0.5, 0.6) is 0 Å². The fourth-order valence-electron chi connectivity index (χ4n) is 3.16. The molecule has 0 amide bonds. The monoisotopic (exact) mass is 197 g/mol. The summed E-state index contributed by atoms with van der Waals surface area (Å²) >= 11 is 0. The fourth-order valence-corrected chi connectivity index (χ4v) is 3.16. The van der Waals surface area contributed by atoms with E-state index < -0.39 is 0 Å². The highest BCUT2D eigenvalue weighted by Crippen LogP contribution is 2.35. The van der Waals surface area contributed by atoms with Gasteiger partial charge in [-0.25, -0.2) is 0 Å². The molecule has 5 unspecified atom stereocenters. The van der Waals surface area contributed by atoms with Crippen molar-refractivity contribution in [2.45, 2.75) is 58.2 Å². The van der Waals surface area contributed by atoms with E-state index in [4.69, 9.17) is 0 Å².